The molecule has 0 amide bonds. The van der Waals surface area contributed by atoms with Gasteiger partial charge >= 0.3 is 0 Å². The molecule has 0 bridgehead atoms. The zero-order valence-corrected chi connectivity index (χ0v) is 7.93. The summed E-state index contributed by atoms with van der Waals surface area (Å²) in [5, 5.41) is 9.37. The van der Waals surface area contributed by atoms with Gasteiger partial charge in [0.1, 0.15) is 6.10 Å². The molecule has 2 atom stereocenters. The van der Waals surface area contributed by atoms with Gasteiger partial charge in [-0.15, -0.1) is 17.8 Å². The van der Waals surface area contributed by atoms with Crippen LogP contribution in [0.15, 0.2) is 5.51 Å². The number of aryl methyl sites for hydroxylation is 1. The molecular weight excluding hydrogens is 170 g/mol. The summed E-state index contributed by atoms with van der Waals surface area (Å²) in [5.41, 5.74) is 2.73. The molecule has 0 aliphatic heterocycles. The Balaban J connectivity index is 2.86. The summed E-state index contributed by atoms with van der Waals surface area (Å²) in [6, 6.07) is 0. The Morgan fingerprint density at radius 3 is 2.83 bits per heavy atom. The fourth-order valence-corrected chi connectivity index (χ4v) is 1.93. The summed E-state index contributed by atoms with van der Waals surface area (Å²) in [6.45, 7) is 3.83. The number of rotatable bonds is 2. The molecule has 3 heteroatoms. The number of nitrogens with zero attached hydrogens (tertiary/aromatic N) is 1. The molecule has 0 saturated carbocycles. The van der Waals surface area contributed by atoms with Crippen LogP contribution in [-0.2, 0) is 0 Å². The van der Waals surface area contributed by atoms with Crippen molar-refractivity contribution in [3.8, 4) is 12.3 Å². The highest BCUT2D eigenvalue weighted by molar-refractivity contribution is 7.09. The highest BCUT2D eigenvalue weighted by Crippen LogP contribution is 2.25. The van der Waals surface area contributed by atoms with Crippen LogP contribution >= 0.6 is 11.3 Å². The van der Waals surface area contributed by atoms with Gasteiger partial charge in [0.05, 0.1) is 11.2 Å². The van der Waals surface area contributed by atoms with E-state index < -0.39 is 6.10 Å². The van der Waals surface area contributed by atoms with Crippen LogP contribution in [0.1, 0.15) is 23.4 Å². The van der Waals surface area contributed by atoms with Gasteiger partial charge < -0.3 is 5.11 Å². The number of aromatic nitrogens is 1. The smallest absolute Gasteiger partial charge is 0.121 e. The number of terminal acetylenes is 1. The van der Waals surface area contributed by atoms with E-state index in [4.69, 9.17) is 6.42 Å². The first-order chi connectivity index (χ1) is 5.66. The van der Waals surface area contributed by atoms with Crippen molar-refractivity contribution in [2.24, 2.45) is 0 Å². The molecule has 1 aromatic rings. The molecule has 2 nitrogen and oxygen atoms in total. The van der Waals surface area contributed by atoms with Gasteiger partial charge in [0, 0.05) is 10.8 Å². The highest BCUT2D eigenvalue weighted by Gasteiger charge is 2.17. The maximum Gasteiger partial charge on any atom is 0.121 e. The Morgan fingerprint density at radius 2 is 2.42 bits per heavy atom. The zero-order chi connectivity index (χ0) is 9.14. The third-order valence-corrected chi connectivity index (χ3v) is 2.97. The molecule has 0 saturated heterocycles. The third kappa shape index (κ3) is 1.66. The van der Waals surface area contributed by atoms with Crippen molar-refractivity contribution in [3.05, 3.63) is 16.1 Å². The molecule has 0 aromatic carbocycles. The van der Waals surface area contributed by atoms with Crippen LogP contribution in [0.4, 0.5) is 0 Å². The van der Waals surface area contributed by atoms with E-state index in [9.17, 15) is 5.11 Å². The number of aliphatic hydroxyl groups excluding tert-OH is 1. The van der Waals surface area contributed by atoms with E-state index in [0.29, 0.717) is 0 Å². The first-order valence-electron chi connectivity index (χ1n) is 3.71. The number of thiazole rings is 1. The van der Waals surface area contributed by atoms with E-state index in [1.54, 1.807) is 5.51 Å². The second-order valence-corrected chi connectivity index (χ2v) is 3.59. The van der Waals surface area contributed by atoms with Crippen molar-refractivity contribution in [1.82, 2.24) is 4.98 Å². The van der Waals surface area contributed by atoms with Crippen LogP contribution in [0.5, 0.6) is 0 Å². The quantitative estimate of drug-likeness (QED) is 0.702. The second-order valence-electron chi connectivity index (χ2n) is 2.70. The monoisotopic (exact) mass is 181 g/mol. The number of hydrogen-bond donors (Lipinski definition) is 1. The van der Waals surface area contributed by atoms with Crippen LogP contribution in [-0.4, -0.2) is 16.2 Å². The minimum atomic E-state index is -0.704. The predicted octanol–water partition coefficient (Wildman–Crippen LogP) is 1.55. The van der Waals surface area contributed by atoms with Crippen molar-refractivity contribution in [3.63, 3.8) is 0 Å². The lowest BCUT2D eigenvalue weighted by molar-refractivity contribution is 0.207. The fraction of sp³-hybridized carbons (Fsp3) is 0.444. The summed E-state index contributed by atoms with van der Waals surface area (Å²) in [6.07, 6.45) is 4.41. The Labute approximate surface area is 76.3 Å². The van der Waals surface area contributed by atoms with E-state index in [2.05, 4.69) is 10.9 Å². The van der Waals surface area contributed by atoms with Crippen molar-refractivity contribution in [2.45, 2.75) is 25.9 Å². The molecule has 0 unspecified atom stereocenters. The Hall–Kier alpha value is -0.850. The van der Waals surface area contributed by atoms with Gasteiger partial charge in [0.2, 0.25) is 0 Å². The van der Waals surface area contributed by atoms with Gasteiger partial charge in [-0.05, 0) is 6.92 Å². The number of hydrogen-bond acceptors (Lipinski definition) is 3. The number of aliphatic hydroxyl groups is 1. The largest absolute Gasteiger partial charge is 0.380 e. The zero-order valence-electron chi connectivity index (χ0n) is 7.11. The van der Waals surface area contributed by atoms with Crippen LogP contribution in [0, 0.1) is 19.3 Å². The van der Waals surface area contributed by atoms with E-state index in [1.807, 2.05) is 13.8 Å². The standard InChI is InChI=1S/C9H11NOS/c1-4-8(11)6(2)9-7(3)10-5-12-9/h1,5-6,8,11H,2-3H3/t6-,8-/m1/s1. The molecule has 1 N–H and O–H groups in total. The van der Waals surface area contributed by atoms with Gasteiger partial charge in [-0.25, -0.2) is 4.98 Å². The Morgan fingerprint density at radius 1 is 1.75 bits per heavy atom. The summed E-state index contributed by atoms with van der Waals surface area (Å²) >= 11 is 1.53. The molecule has 1 heterocycles. The van der Waals surface area contributed by atoms with Gasteiger partial charge in [-0.1, -0.05) is 12.8 Å². The first kappa shape index (κ1) is 9.24. The Bertz CT molecular complexity index is 300. The van der Waals surface area contributed by atoms with Gasteiger partial charge in [0.15, 0.2) is 0 Å². The van der Waals surface area contributed by atoms with Crippen molar-refractivity contribution in [1.29, 1.82) is 0 Å². The van der Waals surface area contributed by atoms with Gasteiger partial charge in [0.25, 0.3) is 0 Å². The summed E-state index contributed by atoms with van der Waals surface area (Å²) < 4.78 is 0. The minimum absolute atomic E-state index is 0.0116. The van der Waals surface area contributed by atoms with Crippen LogP contribution in [0.3, 0.4) is 0 Å². The lowest BCUT2D eigenvalue weighted by atomic mass is 10.0. The molecule has 0 radical (unpaired) electrons. The lowest BCUT2D eigenvalue weighted by Gasteiger charge is -2.11. The maximum atomic E-state index is 9.37. The van der Waals surface area contributed by atoms with Gasteiger partial charge in [-0.3, -0.25) is 0 Å². The van der Waals surface area contributed by atoms with Gasteiger partial charge in [-0.2, -0.15) is 0 Å². The van der Waals surface area contributed by atoms with Crippen molar-refractivity contribution >= 4 is 11.3 Å². The first-order valence-corrected chi connectivity index (χ1v) is 4.59. The molecule has 0 aliphatic rings. The molecule has 1 aromatic heterocycles. The lowest BCUT2D eigenvalue weighted by Crippen LogP contribution is -2.12. The maximum absolute atomic E-state index is 9.37. The third-order valence-electron chi connectivity index (χ3n) is 1.84. The normalized spacial score (nSPS) is 15.2. The fourth-order valence-electron chi connectivity index (χ4n) is 1.04. The SMILES string of the molecule is C#C[C@@H](O)[C@@H](C)c1scnc1C. The topological polar surface area (TPSA) is 33.1 Å². The average molecular weight is 181 g/mol. The molecule has 0 spiro atoms. The van der Waals surface area contributed by atoms with E-state index in [-0.39, 0.29) is 5.92 Å². The predicted molar refractivity (Wildman–Crippen MR) is 50.1 cm³/mol. The summed E-state index contributed by atoms with van der Waals surface area (Å²) in [7, 11) is 0. The highest BCUT2D eigenvalue weighted by atomic mass is 32.1. The molecule has 1 rings (SSSR count). The molecule has 0 fully saturated rings. The van der Waals surface area contributed by atoms with Crippen LogP contribution in [0.2, 0.25) is 0 Å². The molecule has 12 heavy (non-hydrogen) atoms. The molecule has 64 valence electrons. The second kappa shape index (κ2) is 3.70. The Kier molecular flexibility index (Phi) is 2.85. The average Bonchev–Trinajstić information content (AvgIpc) is 2.48. The summed E-state index contributed by atoms with van der Waals surface area (Å²) in [5.74, 6) is 2.30. The molecular formula is C9H11NOS. The minimum Gasteiger partial charge on any atom is -0.380 e. The van der Waals surface area contributed by atoms with Crippen molar-refractivity contribution < 1.29 is 5.11 Å². The van der Waals surface area contributed by atoms with Crippen LogP contribution < -0.4 is 0 Å². The van der Waals surface area contributed by atoms with Crippen molar-refractivity contribution in [2.75, 3.05) is 0 Å². The van der Waals surface area contributed by atoms with Crippen LogP contribution in [0.25, 0.3) is 0 Å². The molecule has 0 aliphatic carbocycles. The summed E-state index contributed by atoms with van der Waals surface area (Å²) in [4.78, 5) is 5.16. The van der Waals surface area contributed by atoms with E-state index in [1.165, 1.54) is 11.3 Å². The van der Waals surface area contributed by atoms with E-state index in [0.717, 1.165) is 10.6 Å². The van der Waals surface area contributed by atoms with E-state index >= 15 is 0 Å².